The van der Waals surface area contributed by atoms with Gasteiger partial charge in [-0.05, 0) is 32.0 Å². The maximum absolute atomic E-state index is 12.3. The maximum Gasteiger partial charge on any atom is 0.272 e. The minimum Gasteiger partial charge on any atom is -0.349 e. The van der Waals surface area contributed by atoms with E-state index in [0.717, 1.165) is 30.4 Å². The minimum atomic E-state index is -0.0922. The number of carbonyl (C=O) groups excluding carboxylic acids is 1. The van der Waals surface area contributed by atoms with Crippen molar-refractivity contribution >= 4 is 16.8 Å². The second-order valence-corrected chi connectivity index (χ2v) is 5.25. The number of nitrogens with zero attached hydrogens (tertiary/aromatic N) is 2. The highest BCUT2D eigenvalue weighted by Crippen LogP contribution is 2.17. The molecule has 20 heavy (non-hydrogen) atoms. The van der Waals surface area contributed by atoms with Gasteiger partial charge < -0.3 is 5.32 Å². The van der Waals surface area contributed by atoms with Gasteiger partial charge in [-0.15, -0.1) is 0 Å². The lowest BCUT2D eigenvalue weighted by Gasteiger charge is -2.22. The summed E-state index contributed by atoms with van der Waals surface area (Å²) in [6.45, 7) is 5.06. The van der Waals surface area contributed by atoms with Crippen LogP contribution in [0, 0.1) is 0 Å². The highest BCUT2D eigenvalue weighted by atomic mass is 16.1. The van der Waals surface area contributed by atoms with Gasteiger partial charge in [-0.1, -0.05) is 25.1 Å². The Balaban J connectivity index is 1.67. The fourth-order valence-electron chi connectivity index (χ4n) is 2.97. The number of aromatic amines is 1. The van der Waals surface area contributed by atoms with Crippen LogP contribution in [0.5, 0.6) is 0 Å². The van der Waals surface area contributed by atoms with Crippen molar-refractivity contribution in [2.24, 2.45) is 0 Å². The number of fused-ring (bicyclic) bond motifs is 1. The predicted octanol–water partition coefficient (Wildman–Crippen LogP) is 1.78. The molecule has 0 radical (unpaired) electrons. The number of para-hydroxylation sites is 1. The number of likely N-dealkylation sites (tertiary alicyclic amines) is 1. The molecule has 1 unspecified atom stereocenters. The van der Waals surface area contributed by atoms with E-state index in [1.54, 1.807) is 0 Å². The monoisotopic (exact) mass is 272 g/mol. The number of hydrogen-bond acceptors (Lipinski definition) is 3. The van der Waals surface area contributed by atoms with Crippen molar-refractivity contribution in [3.8, 4) is 0 Å². The molecule has 1 aromatic heterocycles. The van der Waals surface area contributed by atoms with Crippen molar-refractivity contribution in [1.82, 2.24) is 20.4 Å². The van der Waals surface area contributed by atoms with Gasteiger partial charge in [0, 0.05) is 18.0 Å². The van der Waals surface area contributed by atoms with Crippen LogP contribution in [0.2, 0.25) is 0 Å². The summed E-state index contributed by atoms with van der Waals surface area (Å²) >= 11 is 0. The molecule has 0 saturated carbocycles. The number of benzene rings is 1. The molecular weight excluding hydrogens is 252 g/mol. The van der Waals surface area contributed by atoms with E-state index in [4.69, 9.17) is 0 Å². The SMILES string of the molecule is CCN1CCCC1CNC(=O)c1n[nH]c2ccccc12. The molecule has 1 amide bonds. The average molecular weight is 272 g/mol. The summed E-state index contributed by atoms with van der Waals surface area (Å²) in [4.78, 5) is 14.7. The van der Waals surface area contributed by atoms with Crippen molar-refractivity contribution in [2.45, 2.75) is 25.8 Å². The highest BCUT2D eigenvalue weighted by molar-refractivity contribution is 6.04. The van der Waals surface area contributed by atoms with Gasteiger partial charge in [-0.3, -0.25) is 14.8 Å². The topological polar surface area (TPSA) is 61.0 Å². The standard InChI is InChI=1S/C15H20N4O/c1-2-19-9-5-6-11(19)10-16-15(20)14-12-7-3-4-8-13(12)17-18-14/h3-4,7-8,11H,2,5-6,9-10H2,1H3,(H,16,20)(H,17,18). The Kier molecular flexibility index (Phi) is 3.69. The summed E-state index contributed by atoms with van der Waals surface area (Å²) in [5.41, 5.74) is 1.38. The summed E-state index contributed by atoms with van der Waals surface area (Å²) in [7, 11) is 0. The van der Waals surface area contributed by atoms with Crippen molar-refractivity contribution in [2.75, 3.05) is 19.6 Å². The number of carbonyl (C=O) groups is 1. The predicted molar refractivity (Wildman–Crippen MR) is 78.7 cm³/mol. The normalized spacial score (nSPS) is 19.6. The third kappa shape index (κ3) is 2.41. The number of likely N-dealkylation sites (N-methyl/N-ethyl adjacent to an activating group) is 1. The Morgan fingerprint density at radius 3 is 3.20 bits per heavy atom. The Morgan fingerprint density at radius 1 is 1.50 bits per heavy atom. The van der Waals surface area contributed by atoms with Crippen molar-refractivity contribution in [3.63, 3.8) is 0 Å². The molecule has 2 N–H and O–H groups in total. The van der Waals surface area contributed by atoms with Crippen LogP contribution in [0.15, 0.2) is 24.3 Å². The van der Waals surface area contributed by atoms with Crippen LogP contribution >= 0.6 is 0 Å². The van der Waals surface area contributed by atoms with Crippen LogP contribution in [0.1, 0.15) is 30.3 Å². The van der Waals surface area contributed by atoms with Crippen LogP contribution in [-0.2, 0) is 0 Å². The van der Waals surface area contributed by atoms with E-state index >= 15 is 0 Å². The van der Waals surface area contributed by atoms with Crippen LogP contribution < -0.4 is 5.32 Å². The van der Waals surface area contributed by atoms with Gasteiger partial charge in [0.15, 0.2) is 5.69 Å². The molecular formula is C15H20N4O. The first kappa shape index (κ1) is 13.1. The molecule has 1 saturated heterocycles. The first-order valence-electron chi connectivity index (χ1n) is 7.25. The lowest BCUT2D eigenvalue weighted by Crippen LogP contribution is -2.40. The fraction of sp³-hybridized carbons (Fsp3) is 0.467. The summed E-state index contributed by atoms with van der Waals surface area (Å²) in [6.07, 6.45) is 2.38. The van der Waals surface area contributed by atoms with Gasteiger partial charge in [-0.2, -0.15) is 5.10 Å². The molecule has 0 spiro atoms. The average Bonchev–Trinajstić information content (AvgIpc) is 3.11. The van der Waals surface area contributed by atoms with Crippen LogP contribution in [0.4, 0.5) is 0 Å². The minimum absolute atomic E-state index is 0.0922. The number of nitrogens with one attached hydrogen (secondary N) is 2. The lowest BCUT2D eigenvalue weighted by atomic mass is 10.2. The number of rotatable bonds is 4. The fourth-order valence-corrected chi connectivity index (χ4v) is 2.97. The molecule has 1 aromatic carbocycles. The smallest absolute Gasteiger partial charge is 0.272 e. The number of amides is 1. The molecule has 5 nitrogen and oxygen atoms in total. The van der Waals surface area contributed by atoms with Gasteiger partial charge in [0.05, 0.1) is 5.52 Å². The third-order valence-corrected chi connectivity index (χ3v) is 4.09. The second-order valence-electron chi connectivity index (χ2n) is 5.25. The van der Waals surface area contributed by atoms with Gasteiger partial charge >= 0.3 is 0 Å². The summed E-state index contributed by atoms with van der Waals surface area (Å²) < 4.78 is 0. The Labute approximate surface area is 118 Å². The molecule has 0 aliphatic carbocycles. The van der Waals surface area contributed by atoms with Crippen molar-refractivity contribution in [3.05, 3.63) is 30.0 Å². The van der Waals surface area contributed by atoms with Gasteiger partial charge in [0.25, 0.3) is 5.91 Å². The molecule has 1 fully saturated rings. The molecule has 106 valence electrons. The zero-order valence-corrected chi connectivity index (χ0v) is 11.7. The molecule has 2 heterocycles. The summed E-state index contributed by atoms with van der Waals surface area (Å²) in [5, 5.41) is 10.9. The summed E-state index contributed by atoms with van der Waals surface area (Å²) in [5.74, 6) is -0.0922. The second kappa shape index (κ2) is 5.63. The molecule has 1 aliphatic heterocycles. The maximum atomic E-state index is 12.3. The quantitative estimate of drug-likeness (QED) is 0.892. The van der Waals surface area contributed by atoms with Crippen LogP contribution in [0.3, 0.4) is 0 Å². The van der Waals surface area contributed by atoms with E-state index in [0.29, 0.717) is 18.3 Å². The van der Waals surface area contributed by atoms with E-state index in [2.05, 4.69) is 27.3 Å². The van der Waals surface area contributed by atoms with Crippen molar-refractivity contribution < 1.29 is 4.79 Å². The first-order chi connectivity index (χ1) is 9.79. The van der Waals surface area contributed by atoms with Crippen LogP contribution in [-0.4, -0.2) is 46.7 Å². The zero-order valence-electron chi connectivity index (χ0n) is 11.7. The van der Waals surface area contributed by atoms with Gasteiger partial charge in [0.1, 0.15) is 0 Å². The molecule has 5 heteroatoms. The van der Waals surface area contributed by atoms with Crippen LogP contribution in [0.25, 0.3) is 10.9 Å². The number of aromatic nitrogens is 2. The van der Waals surface area contributed by atoms with E-state index < -0.39 is 0 Å². The Morgan fingerprint density at radius 2 is 2.35 bits per heavy atom. The zero-order chi connectivity index (χ0) is 13.9. The highest BCUT2D eigenvalue weighted by Gasteiger charge is 2.24. The van der Waals surface area contributed by atoms with E-state index in [1.807, 2.05) is 24.3 Å². The molecule has 2 aromatic rings. The molecule has 1 atom stereocenters. The van der Waals surface area contributed by atoms with Crippen molar-refractivity contribution in [1.29, 1.82) is 0 Å². The molecule has 1 aliphatic rings. The summed E-state index contributed by atoms with van der Waals surface area (Å²) in [6, 6.07) is 8.16. The van der Waals surface area contributed by atoms with E-state index in [9.17, 15) is 4.79 Å². The molecule has 3 rings (SSSR count). The Hall–Kier alpha value is -1.88. The van der Waals surface area contributed by atoms with Gasteiger partial charge in [-0.25, -0.2) is 0 Å². The number of hydrogen-bond donors (Lipinski definition) is 2. The third-order valence-electron chi connectivity index (χ3n) is 4.09. The Bertz CT molecular complexity index is 607. The molecule has 0 bridgehead atoms. The van der Waals surface area contributed by atoms with E-state index in [1.165, 1.54) is 6.42 Å². The largest absolute Gasteiger partial charge is 0.349 e. The lowest BCUT2D eigenvalue weighted by molar-refractivity contribution is 0.0938. The first-order valence-corrected chi connectivity index (χ1v) is 7.25. The van der Waals surface area contributed by atoms with E-state index in [-0.39, 0.29) is 5.91 Å². The number of H-pyrrole nitrogens is 1. The van der Waals surface area contributed by atoms with Gasteiger partial charge in [0.2, 0.25) is 0 Å².